The molecule has 0 aliphatic carbocycles. The fourth-order valence-electron chi connectivity index (χ4n) is 2.16. The first-order chi connectivity index (χ1) is 11.1. The third kappa shape index (κ3) is 4.12. The molecule has 0 fully saturated rings. The number of methoxy groups -OCH3 is 3. The maximum atomic E-state index is 12.9. The Morgan fingerprint density at radius 2 is 1.57 bits per heavy atom. The summed E-state index contributed by atoms with van der Waals surface area (Å²) in [7, 11) is 4.54. The van der Waals surface area contributed by atoms with Crippen LogP contribution in [0.15, 0.2) is 36.4 Å². The molecule has 0 atom stereocenters. The van der Waals surface area contributed by atoms with Crippen molar-refractivity contribution in [1.82, 2.24) is 0 Å². The van der Waals surface area contributed by atoms with Crippen molar-refractivity contribution in [2.24, 2.45) is 0 Å². The van der Waals surface area contributed by atoms with Crippen LogP contribution in [-0.4, -0.2) is 27.2 Å². The molecular formula is C17H18FNO4. The molecule has 0 aliphatic rings. The van der Waals surface area contributed by atoms with Crippen LogP contribution in [0, 0.1) is 5.82 Å². The summed E-state index contributed by atoms with van der Waals surface area (Å²) >= 11 is 0. The van der Waals surface area contributed by atoms with Crippen molar-refractivity contribution in [2.75, 3.05) is 26.6 Å². The molecule has 1 amide bonds. The predicted molar refractivity (Wildman–Crippen MR) is 84.8 cm³/mol. The molecule has 0 aromatic heterocycles. The highest BCUT2D eigenvalue weighted by atomic mass is 19.1. The van der Waals surface area contributed by atoms with Crippen LogP contribution in [-0.2, 0) is 11.2 Å². The first-order valence-electron chi connectivity index (χ1n) is 6.91. The van der Waals surface area contributed by atoms with Crippen LogP contribution < -0.4 is 19.5 Å². The molecule has 0 bridgehead atoms. The van der Waals surface area contributed by atoms with Crippen molar-refractivity contribution in [2.45, 2.75) is 6.42 Å². The summed E-state index contributed by atoms with van der Waals surface area (Å²) in [4.78, 5) is 12.1. The lowest BCUT2D eigenvalue weighted by Gasteiger charge is -2.14. The van der Waals surface area contributed by atoms with Gasteiger partial charge in [0, 0.05) is 5.69 Å². The maximum absolute atomic E-state index is 12.9. The van der Waals surface area contributed by atoms with E-state index in [2.05, 4.69) is 5.32 Å². The summed E-state index contributed by atoms with van der Waals surface area (Å²) in [6, 6.07) is 9.01. The average molecular weight is 319 g/mol. The third-order valence-corrected chi connectivity index (χ3v) is 3.22. The van der Waals surface area contributed by atoms with E-state index in [1.807, 2.05) is 0 Å². The van der Waals surface area contributed by atoms with Gasteiger partial charge in [-0.05, 0) is 42.0 Å². The summed E-state index contributed by atoms with van der Waals surface area (Å²) in [5, 5.41) is 2.70. The van der Waals surface area contributed by atoms with E-state index < -0.39 is 0 Å². The van der Waals surface area contributed by atoms with E-state index in [1.54, 1.807) is 12.1 Å². The van der Waals surface area contributed by atoms with E-state index in [-0.39, 0.29) is 18.1 Å². The summed E-state index contributed by atoms with van der Waals surface area (Å²) in [5.74, 6) is 0.851. The van der Waals surface area contributed by atoms with Crippen molar-refractivity contribution in [3.63, 3.8) is 0 Å². The van der Waals surface area contributed by atoms with Gasteiger partial charge in [0.25, 0.3) is 0 Å². The Kier molecular flexibility index (Phi) is 5.41. The Morgan fingerprint density at radius 1 is 1.00 bits per heavy atom. The maximum Gasteiger partial charge on any atom is 0.228 e. The van der Waals surface area contributed by atoms with Crippen LogP contribution in [0.3, 0.4) is 0 Å². The molecular weight excluding hydrogens is 301 g/mol. The van der Waals surface area contributed by atoms with Crippen molar-refractivity contribution in [3.05, 3.63) is 47.8 Å². The summed E-state index contributed by atoms with van der Waals surface area (Å²) in [6.07, 6.45) is 0.119. The molecule has 2 aromatic carbocycles. The molecule has 0 radical (unpaired) electrons. The zero-order valence-electron chi connectivity index (χ0n) is 13.2. The van der Waals surface area contributed by atoms with E-state index in [9.17, 15) is 9.18 Å². The van der Waals surface area contributed by atoms with Crippen LogP contribution in [0.25, 0.3) is 0 Å². The van der Waals surface area contributed by atoms with Gasteiger partial charge in [-0.25, -0.2) is 4.39 Å². The topological polar surface area (TPSA) is 56.8 Å². The highest BCUT2D eigenvalue weighted by Crippen LogP contribution is 2.38. The summed E-state index contributed by atoms with van der Waals surface area (Å²) in [6.45, 7) is 0. The number of benzene rings is 2. The van der Waals surface area contributed by atoms with Gasteiger partial charge in [0.15, 0.2) is 11.5 Å². The number of anilines is 1. The lowest BCUT2D eigenvalue weighted by Crippen LogP contribution is -2.14. The minimum Gasteiger partial charge on any atom is -0.493 e. The smallest absolute Gasteiger partial charge is 0.228 e. The van der Waals surface area contributed by atoms with Crippen LogP contribution in [0.4, 0.5) is 10.1 Å². The monoisotopic (exact) mass is 319 g/mol. The first-order valence-corrected chi connectivity index (χ1v) is 6.91. The number of nitrogens with one attached hydrogen (secondary N) is 1. The van der Waals surface area contributed by atoms with E-state index in [0.717, 1.165) is 0 Å². The second-order valence-electron chi connectivity index (χ2n) is 4.77. The Balaban J connectivity index is 2.15. The second kappa shape index (κ2) is 7.49. The van der Waals surface area contributed by atoms with Gasteiger partial charge in [-0.3, -0.25) is 4.79 Å². The van der Waals surface area contributed by atoms with Gasteiger partial charge in [0.1, 0.15) is 5.82 Å². The van der Waals surface area contributed by atoms with Gasteiger partial charge in [-0.15, -0.1) is 0 Å². The number of hydrogen-bond acceptors (Lipinski definition) is 4. The Bertz CT molecular complexity index is 660. The average Bonchev–Trinajstić information content (AvgIpc) is 2.55. The fourth-order valence-corrected chi connectivity index (χ4v) is 2.16. The lowest BCUT2D eigenvalue weighted by atomic mass is 10.1. The molecule has 0 saturated carbocycles. The molecule has 0 unspecified atom stereocenters. The van der Waals surface area contributed by atoms with Gasteiger partial charge >= 0.3 is 0 Å². The zero-order valence-corrected chi connectivity index (χ0v) is 13.2. The summed E-state index contributed by atoms with van der Waals surface area (Å²) in [5.41, 5.74) is 1.24. The molecule has 1 N–H and O–H groups in total. The molecule has 6 heteroatoms. The number of hydrogen-bond donors (Lipinski definition) is 1. The normalized spacial score (nSPS) is 10.1. The number of ether oxygens (including phenoxy) is 3. The minimum absolute atomic E-state index is 0.119. The standard InChI is InChI=1S/C17H18FNO4/c1-21-14-8-11(9-15(22-2)17(14)23-3)10-16(20)19-13-6-4-12(18)5-7-13/h4-9H,10H2,1-3H3,(H,19,20). The molecule has 5 nitrogen and oxygen atoms in total. The van der Waals surface area contributed by atoms with Gasteiger partial charge in [0.05, 0.1) is 27.8 Å². The van der Waals surface area contributed by atoms with Crippen molar-refractivity contribution in [1.29, 1.82) is 0 Å². The zero-order chi connectivity index (χ0) is 16.8. The van der Waals surface area contributed by atoms with Gasteiger partial charge in [-0.1, -0.05) is 0 Å². The van der Waals surface area contributed by atoms with E-state index in [1.165, 1.54) is 45.6 Å². The Hall–Kier alpha value is -2.76. The first kappa shape index (κ1) is 16.6. The second-order valence-corrected chi connectivity index (χ2v) is 4.77. The molecule has 2 aromatic rings. The van der Waals surface area contributed by atoms with Crippen molar-refractivity contribution < 1.29 is 23.4 Å². The SMILES string of the molecule is COc1cc(CC(=O)Nc2ccc(F)cc2)cc(OC)c1OC. The molecule has 0 spiro atoms. The van der Waals surface area contributed by atoms with E-state index in [4.69, 9.17) is 14.2 Å². The Morgan fingerprint density at radius 3 is 2.04 bits per heavy atom. The number of carbonyl (C=O) groups is 1. The van der Waals surface area contributed by atoms with Crippen LogP contribution >= 0.6 is 0 Å². The summed E-state index contributed by atoms with van der Waals surface area (Å²) < 4.78 is 28.6. The van der Waals surface area contributed by atoms with E-state index in [0.29, 0.717) is 28.5 Å². The number of amides is 1. The van der Waals surface area contributed by atoms with Crippen LogP contribution in [0.2, 0.25) is 0 Å². The van der Waals surface area contributed by atoms with Crippen molar-refractivity contribution in [3.8, 4) is 17.2 Å². The molecule has 0 saturated heterocycles. The third-order valence-electron chi connectivity index (χ3n) is 3.22. The molecule has 0 aliphatic heterocycles. The van der Waals surface area contributed by atoms with Crippen LogP contribution in [0.1, 0.15) is 5.56 Å². The fraction of sp³-hybridized carbons (Fsp3) is 0.235. The number of rotatable bonds is 6. The largest absolute Gasteiger partial charge is 0.493 e. The number of carbonyl (C=O) groups excluding carboxylic acids is 1. The van der Waals surface area contributed by atoms with Gasteiger partial charge in [-0.2, -0.15) is 0 Å². The highest BCUT2D eigenvalue weighted by Gasteiger charge is 2.15. The minimum atomic E-state index is -0.354. The Labute approximate surface area is 134 Å². The van der Waals surface area contributed by atoms with Crippen LogP contribution in [0.5, 0.6) is 17.2 Å². The van der Waals surface area contributed by atoms with Gasteiger partial charge in [0.2, 0.25) is 11.7 Å². The quantitative estimate of drug-likeness (QED) is 0.889. The van der Waals surface area contributed by atoms with Gasteiger partial charge < -0.3 is 19.5 Å². The predicted octanol–water partition coefficient (Wildman–Crippen LogP) is 3.03. The molecule has 122 valence electrons. The van der Waals surface area contributed by atoms with Crippen molar-refractivity contribution >= 4 is 11.6 Å². The molecule has 0 heterocycles. The highest BCUT2D eigenvalue weighted by molar-refractivity contribution is 5.92. The van der Waals surface area contributed by atoms with E-state index >= 15 is 0 Å². The molecule has 2 rings (SSSR count). The molecule has 23 heavy (non-hydrogen) atoms. The number of halogens is 1. The lowest BCUT2D eigenvalue weighted by molar-refractivity contribution is -0.115.